The molecule has 1 aromatic carbocycles. The molecule has 7 heteroatoms. The lowest BCUT2D eigenvalue weighted by atomic mass is 10.0. The molecule has 1 aromatic rings. The molecule has 1 atom stereocenters. The minimum Gasteiger partial charge on any atom is -0.466 e. The van der Waals surface area contributed by atoms with Crippen molar-refractivity contribution in [2.75, 3.05) is 6.61 Å². The van der Waals surface area contributed by atoms with Gasteiger partial charge in [-0.25, -0.2) is 0 Å². The van der Waals surface area contributed by atoms with Crippen molar-refractivity contribution >= 4 is 5.97 Å². The number of hydrogen-bond acceptors (Lipinski definition) is 4. The molecule has 106 valence electrons. The van der Waals surface area contributed by atoms with Crippen molar-refractivity contribution < 1.29 is 27.4 Å². The normalized spacial score (nSPS) is 12.9. The lowest BCUT2D eigenvalue weighted by molar-refractivity contribution is -0.274. The van der Waals surface area contributed by atoms with Crippen LogP contribution in [0.4, 0.5) is 13.2 Å². The third kappa shape index (κ3) is 5.17. The Morgan fingerprint density at radius 2 is 2.00 bits per heavy atom. The van der Waals surface area contributed by atoms with Gasteiger partial charge in [-0.2, -0.15) is 0 Å². The summed E-state index contributed by atoms with van der Waals surface area (Å²) in [6.07, 6.45) is -5.02. The summed E-state index contributed by atoms with van der Waals surface area (Å²) in [5.74, 6) is -0.983. The van der Waals surface area contributed by atoms with Crippen molar-refractivity contribution in [3.05, 3.63) is 29.8 Å². The second kappa shape index (κ2) is 6.42. The van der Waals surface area contributed by atoms with Crippen LogP contribution in [0.2, 0.25) is 0 Å². The average molecular weight is 277 g/mol. The molecule has 0 aromatic heterocycles. The summed E-state index contributed by atoms with van der Waals surface area (Å²) in [5, 5.41) is 0. The number of carbonyl (C=O) groups is 1. The molecule has 0 radical (unpaired) electrons. The van der Waals surface area contributed by atoms with E-state index in [0.29, 0.717) is 0 Å². The standard InChI is InChI=1S/C12H14F3NO3/c1-2-18-11(17)7-9(16)8-5-3-4-6-10(8)19-12(13,14)15/h3-6,9H,2,7,16H2,1H3/t9-/m0/s1. The predicted molar refractivity (Wildman–Crippen MR) is 61.3 cm³/mol. The molecule has 0 aliphatic carbocycles. The number of para-hydroxylation sites is 1. The molecule has 0 bridgehead atoms. The molecule has 0 aliphatic heterocycles. The molecule has 0 heterocycles. The second-order valence-corrected chi connectivity index (χ2v) is 3.70. The number of rotatable bonds is 5. The first-order valence-corrected chi connectivity index (χ1v) is 5.59. The fourth-order valence-corrected chi connectivity index (χ4v) is 1.51. The summed E-state index contributed by atoms with van der Waals surface area (Å²) >= 11 is 0. The summed E-state index contributed by atoms with van der Waals surface area (Å²) in [4.78, 5) is 11.3. The number of benzene rings is 1. The second-order valence-electron chi connectivity index (χ2n) is 3.70. The van der Waals surface area contributed by atoms with E-state index in [2.05, 4.69) is 4.74 Å². The molecule has 0 fully saturated rings. The van der Waals surface area contributed by atoms with E-state index >= 15 is 0 Å². The van der Waals surface area contributed by atoms with Crippen LogP contribution in [0.3, 0.4) is 0 Å². The zero-order valence-corrected chi connectivity index (χ0v) is 10.2. The van der Waals surface area contributed by atoms with E-state index in [1.807, 2.05) is 0 Å². The van der Waals surface area contributed by atoms with Gasteiger partial charge in [-0.05, 0) is 13.0 Å². The zero-order valence-electron chi connectivity index (χ0n) is 10.2. The first-order chi connectivity index (χ1) is 8.83. The third-order valence-electron chi connectivity index (χ3n) is 2.24. The van der Waals surface area contributed by atoms with E-state index in [9.17, 15) is 18.0 Å². The highest BCUT2D eigenvalue weighted by molar-refractivity contribution is 5.70. The highest BCUT2D eigenvalue weighted by Crippen LogP contribution is 2.30. The number of hydrogen-bond donors (Lipinski definition) is 1. The van der Waals surface area contributed by atoms with E-state index in [-0.39, 0.29) is 18.6 Å². The highest BCUT2D eigenvalue weighted by atomic mass is 19.4. The third-order valence-corrected chi connectivity index (χ3v) is 2.24. The summed E-state index contributed by atoms with van der Waals surface area (Å²) in [5.41, 5.74) is 5.80. The van der Waals surface area contributed by atoms with Gasteiger partial charge in [0, 0.05) is 11.6 Å². The van der Waals surface area contributed by atoms with Crippen molar-refractivity contribution in [1.29, 1.82) is 0 Å². The topological polar surface area (TPSA) is 61.5 Å². The van der Waals surface area contributed by atoms with Gasteiger partial charge in [0.15, 0.2) is 0 Å². The largest absolute Gasteiger partial charge is 0.573 e. The van der Waals surface area contributed by atoms with Crippen LogP contribution >= 0.6 is 0 Å². The Hall–Kier alpha value is -1.76. The van der Waals surface area contributed by atoms with Gasteiger partial charge >= 0.3 is 12.3 Å². The van der Waals surface area contributed by atoms with Crippen molar-refractivity contribution in [3.63, 3.8) is 0 Å². The van der Waals surface area contributed by atoms with Gasteiger partial charge in [-0.15, -0.1) is 13.2 Å². The van der Waals surface area contributed by atoms with Crippen molar-refractivity contribution in [2.24, 2.45) is 5.73 Å². The number of nitrogens with two attached hydrogens (primary N) is 1. The van der Waals surface area contributed by atoms with Crippen molar-refractivity contribution in [2.45, 2.75) is 25.7 Å². The van der Waals surface area contributed by atoms with Gasteiger partial charge in [0.2, 0.25) is 0 Å². The average Bonchev–Trinajstić information content (AvgIpc) is 2.27. The maximum Gasteiger partial charge on any atom is 0.573 e. The van der Waals surface area contributed by atoms with Gasteiger partial charge < -0.3 is 15.2 Å². The minimum absolute atomic E-state index is 0.105. The van der Waals surface area contributed by atoms with Crippen LogP contribution in [0, 0.1) is 0 Å². The maximum atomic E-state index is 12.2. The molecule has 0 aliphatic rings. The molecule has 1 rings (SSSR count). The summed E-state index contributed by atoms with van der Waals surface area (Å²) in [6, 6.07) is 4.52. The Labute approximate surface area is 108 Å². The molecule has 0 amide bonds. The van der Waals surface area contributed by atoms with E-state index in [1.165, 1.54) is 18.2 Å². The van der Waals surface area contributed by atoms with Gasteiger partial charge in [-0.1, -0.05) is 18.2 Å². The monoisotopic (exact) mass is 277 g/mol. The quantitative estimate of drug-likeness (QED) is 0.840. The summed E-state index contributed by atoms with van der Waals surface area (Å²) in [7, 11) is 0. The SMILES string of the molecule is CCOC(=O)C[C@H](N)c1ccccc1OC(F)(F)F. The van der Waals surface area contributed by atoms with Gasteiger partial charge in [0.25, 0.3) is 0 Å². The Balaban J connectivity index is 2.84. The van der Waals surface area contributed by atoms with Crippen LogP contribution in [0.5, 0.6) is 5.75 Å². The number of ether oxygens (including phenoxy) is 2. The lowest BCUT2D eigenvalue weighted by Gasteiger charge is -2.17. The van der Waals surface area contributed by atoms with Gasteiger partial charge in [0.05, 0.1) is 13.0 Å². The van der Waals surface area contributed by atoms with Gasteiger partial charge in [-0.3, -0.25) is 4.79 Å². The maximum absolute atomic E-state index is 12.2. The highest BCUT2D eigenvalue weighted by Gasteiger charge is 2.32. The van der Waals surface area contributed by atoms with E-state index < -0.39 is 24.1 Å². The Morgan fingerprint density at radius 1 is 1.37 bits per heavy atom. The van der Waals surface area contributed by atoms with Crippen LogP contribution < -0.4 is 10.5 Å². The van der Waals surface area contributed by atoms with Crippen molar-refractivity contribution in [1.82, 2.24) is 0 Å². The minimum atomic E-state index is -4.81. The number of alkyl halides is 3. The van der Waals surface area contributed by atoms with E-state index in [0.717, 1.165) is 6.07 Å². The zero-order chi connectivity index (χ0) is 14.5. The molecule has 4 nitrogen and oxygen atoms in total. The summed E-state index contributed by atoms with van der Waals surface area (Å²) < 4.78 is 45.2. The van der Waals surface area contributed by atoms with E-state index in [1.54, 1.807) is 6.92 Å². The Morgan fingerprint density at radius 3 is 2.58 bits per heavy atom. The predicted octanol–water partition coefficient (Wildman–Crippen LogP) is 2.54. The van der Waals surface area contributed by atoms with Crippen LogP contribution in [0.1, 0.15) is 24.9 Å². The molecular formula is C12H14F3NO3. The lowest BCUT2D eigenvalue weighted by Crippen LogP contribution is -2.22. The van der Waals surface area contributed by atoms with Crippen molar-refractivity contribution in [3.8, 4) is 5.75 Å². The molecular weight excluding hydrogens is 263 g/mol. The fourth-order valence-electron chi connectivity index (χ4n) is 1.51. The number of esters is 1. The number of carbonyl (C=O) groups excluding carboxylic acids is 1. The fraction of sp³-hybridized carbons (Fsp3) is 0.417. The van der Waals surface area contributed by atoms with Crippen LogP contribution in [0.25, 0.3) is 0 Å². The first kappa shape index (κ1) is 15.3. The summed E-state index contributed by atoms with van der Waals surface area (Å²) in [6.45, 7) is 1.82. The van der Waals surface area contributed by atoms with E-state index in [4.69, 9.17) is 10.5 Å². The smallest absolute Gasteiger partial charge is 0.466 e. The first-order valence-electron chi connectivity index (χ1n) is 5.59. The molecule has 0 spiro atoms. The Bertz CT molecular complexity index is 434. The van der Waals surface area contributed by atoms with Gasteiger partial charge in [0.1, 0.15) is 5.75 Å². The van der Waals surface area contributed by atoms with Crippen LogP contribution in [-0.4, -0.2) is 18.9 Å². The number of halogens is 3. The Kier molecular flexibility index (Phi) is 5.17. The molecule has 0 saturated heterocycles. The molecule has 0 saturated carbocycles. The molecule has 2 N–H and O–H groups in total. The van der Waals surface area contributed by atoms with Crippen LogP contribution in [0.15, 0.2) is 24.3 Å². The molecule has 0 unspecified atom stereocenters. The molecule has 19 heavy (non-hydrogen) atoms. The van der Waals surface area contributed by atoms with Crippen LogP contribution in [-0.2, 0) is 9.53 Å².